The molecule has 0 aliphatic carbocycles. The maximum Gasteiger partial charge on any atom is 0.331 e. The van der Waals surface area contributed by atoms with Crippen LogP contribution in [0, 0.1) is 0 Å². The van der Waals surface area contributed by atoms with Crippen molar-refractivity contribution in [3.8, 4) is 0 Å². The fraction of sp³-hybridized carbons (Fsp3) is 0.915. The standard InChI is InChI=1S/C47H74O38/c1-10(40(69)70)2-18(54)71-9-17-39-25(61)32(68)47(78-17)84-38-16(8-53)76-45(30(66)23(38)59)82-36-14(6-51)74-43(28(64)21(36)57)80-34-12(4-49)72-41(26(62)19(34)55)79-33-11(3-48)73-42(27(63)20(33)56)81-35-13(5-50)75-44(29(65)22(35)58)83-37-15(7-52)77-46(85-39)31(67)24(37)60/h11-17,19-39,41-53,55-68H,1-9H2,(H,69,70)/t11-,12-,13-,14-,15-,16-,17-,19-,20-,21-,22-,23-,24-,25-,26-,27-,28-,29-,30-,31-,32-,33-,34-,35-,36-,37-,38-,39-,41-,42-,43-,44-,45-,46-,47-/m1/s1. The number of hydrogen-bond donors (Lipinski definition) is 21. The van der Waals surface area contributed by atoms with E-state index in [9.17, 15) is 117 Å². The van der Waals surface area contributed by atoms with Gasteiger partial charge in [-0.25, -0.2) is 4.79 Å². The van der Waals surface area contributed by atoms with Gasteiger partial charge < -0.3 is 178 Å². The highest BCUT2D eigenvalue weighted by Crippen LogP contribution is 2.39. The Morgan fingerprint density at radius 2 is 0.471 bits per heavy atom. The summed E-state index contributed by atoms with van der Waals surface area (Å²) in [7, 11) is 0. The van der Waals surface area contributed by atoms with Gasteiger partial charge in [0.15, 0.2) is 44.0 Å². The predicted molar refractivity (Wildman–Crippen MR) is 254 cm³/mol. The molecule has 21 aliphatic rings. The van der Waals surface area contributed by atoms with Crippen molar-refractivity contribution in [2.75, 3.05) is 46.2 Å². The highest BCUT2D eigenvalue weighted by Gasteiger charge is 2.59. The number of aliphatic carboxylic acids is 1. The topological polar surface area (TPSA) is 597 Å². The molecule has 0 aromatic heterocycles. The van der Waals surface area contributed by atoms with E-state index in [-0.39, 0.29) is 0 Å². The van der Waals surface area contributed by atoms with Crippen molar-refractivity contribution in [2.24, 2.45) is 0 Å². The molecule has 21 aliphatic heterocycles. The van der Waals surface area contributed by atoms with Crippen LogP contribution in [0.1, 0.15) is 6.42 Å². The second kappa shape index (κ2) is 29.1. The van der Waals surface area contributed by atoms with E-state index in [4.69, 9.17) is 71.1 Å². The van der Waals surface area contributed by atoms with Gasteiger partial charge in [0.25, 0.3) is 0 Å². The summed E-state index contributed by atoms with van der Waals surface area (Å²) >= 11 is 0. The zero-order chi connectivity index (χ0) is 62.2. The number of aliphatic hydroxyl groups is 20. The zero-order valence-corrected chi connectivity index (χ0v) is 44.4. The summed E-state index contributed by atoms with van der Waals surface area (Å²) in [6.45, 7) is -4.38. The van der Waals surface area contributed by atoms with Crippen LogP contribution in [0.25, 0.3) is 0 Å². The first-order valence-corrected chi connectivity index (χ1v) is 26.7. The summed E-state index contributed by atoms with van der Waals surface area (Å²) in [6, 6.07) is 0. The van der Waals surface area contributed by atoms with E-state index < -0.39 is 285 Å². The lowest BCUT2D eigenvalue weighted by Gasteiger charge is -2.50. The van der Waals surface area contributed by atoms with Gasteiger partial charge >= 0.3 is 11.9 Å². The Labute approximate surface area is 478 Å². The number of carboxylic acid groups (broad SMARTS) is 1. The van der Waals surface area contributed by atoms with Crippen molar-refractivity contribution in [1.29, 1.82) is 0 Å². The Morgan fingerprint density at radius 3 is 0.647 bits per heavy atom. The number of carbonyl (C=O) groups excluding carboxylic acids is 1. The monoisotopic (exact) mass is 1250 g/mol. The van der Waals surface area contributed by atoms with E-state index >= 15 is 0 Å². The maximum atomic E-state index is 12.8. The number of esters is 1. The molecule has 0 spiro atoms. The first-order valence-electron chi connectivity index (χ1n) is 26.7. The molecule has 21 saturated heterocycles. The maximum absolute atomic E-state index is 12.8. The summed E-state index contributed by atoms with van der Waals surface area (Å²) in [5.41, 5.74) is -0.642. The second-order valence-corrected chi connectivity index (χ2v) is 21.2. The third-order valence-electron chi connectivity index (χ3n) is 15.7. The Bertz CT molecular complexity index is 2150. The summed E-state index contributed by atoms with van der Waals surface area (Å²) in [5.74, 6) is -2.85. The van der Waals surface area contributed by atoms with E-state index in [2.05, 4.69) is 6.58 Å². The molecule has 85 heavy (non-hydrogen) atoms. The minimum Gasteiger partial charge on any atom is -0.478 e. The van der Waals surface area contributed by atoms with E-state index in [0.717, 1.165) is 0 Å². The number of carbonyl (C=O) groups is 2. The molecule has 0 saturated carbocycles. The van der Waals surface area contributed by atoms with Gasteiger partial charge in [0.05, 0.1) is 46.1 Å². The average Bonchev–Trinajstić information content (AvgIpc) is 1.46. The van der Waals surface area contributed by atoms with E-state index in [1.165, 1.54) is 0 Å². The van der Waals surface area contributed by atoms with Crippen LogP contribution in [0.4, 0.5) is 0 Å². The molecular weight excluding hydrogens is 1170 g/mol. The van der Waals surface area contributed by atoms with Gasteiger partial charge in [-0.15, -0.1) is 0 Å². The predicted octanol–water partition coefficient (Wildman–Crippen LogP) is -14.6. The lowest BCUT2D eigenvalue weighted by molar-refractivity contribution is -0.396. The van der Waals surface area contributed by atoms with Gasteiger partial charge in [0.2, 0.25) is 0 Å². The van der Waals surface area contributed by atoms with Crippen molar-refractivity contribution < 1.29 is 188 Å². The molecule has 21 heterocycles. The van der Waals surface area contributed by atoms with Gasteiger partial charge in [0, 0.05) is 5.57 Å². The van der Waals surface area contributed by atoms with Gasteiger partial charge in [-0.3, -0.25) is 4.79 Å². The van der Waals surface area contributed by atoms with Crippen LogP contribution in [-0.4, -0.2) is 380 Å². The smallest absolute Gasteiger partial charge is 0.331 e. The van der Waals surface area contributed by atoms with E-state index in [1.807, 2.05) is 0 Å². The Balaban J connectivity index is 1.10. The molecular formula is C47H74O38. The van der Waals surface area contributed by atoms with Crippen LogP contribution >= 0.6 is 0 Å². The molecule has 38 heteroatoms. The number of aliphatic hydroxyl groups excluding tert-OH is 20. The van der Waals surface area contributed by atoms with Gasteiger partial charge in [-0.05, 0) is 0 Å². The lowest BCUT2D eigenvalue weighted by Crippen LogP contribution is -2.68. The molecule has 35 atom stereocenters. The van der Waals surface area contributed by atoms with E-state index in [1.54, 1.807) is 0 Å². The largest absolute Gasteiger partial charge is 0.478 e. The minimum absolute atomic E-state index is 0.642. The van der Waals surface area contributed by atoms with Gasteiger partial charge in [-0.1, -0.05) is 6.58 Å². The second-order valence-electron chi connectivity index (χ2n) is 21.2. The number of ether oxygens (including phenoxy) is 15. The Hall–Kier alpha value is -2.68. The molecule has 0 radical (unpaired) electrons. The highest BCUT2D eigenvalue weighted by atomic mass is 16.8. The molecule has 21 fully saturated rings. The Kier molecular flexibility index (Phi) is 23.3. The average molecular weight is 1250 g/mol. The quantitative estimate of drug-likeness (QED) is 0.0675. The van der Waals surface area contributed by atoms with Gasteiger partial charge in [-0.2, -0.15) is 0 Å². The van der Waals surface area contributed by atoms with Crippen molar-refractivity contribution in [2.45, 2.75) is 221 Å². The van der Waals surface area contributed by atoms with E-state index in [0.29, 0.717) is 0 Å². The number of rotatable bonds is 11. The molecule has 14 bridgehead atoms. The third kappa shape index (κ3) is 14.1. The fourth-order valence-electron chi connectivity index (χ4n) is 10.9. The number of hydrogen-bond acceptors (Lipinski definition) is 37. The van der Waals surface area contributed by atoms with Crippen molar-refractivity contribution in [3.05, 3.63) is 12.2 Å². The molecule has 490 valence electrons. The highest BCUT2D eigenvalue weighted by molar-refractivity contribution is 5.91. The zero-order valence-electron chi connectivity index (χ0n) is 44.4. The van der Waals surface area contributed by atoms with Crippen LogP contribution in [-0.2, 0) is 80.6 Å². The first-order chi connectivity index (χ1) is 40.3. The van der Waals surface area contributed by atoms with Crippen LogP contribution < -0.4 is 0 Å². The molecule has 0 unspecified atom stereocenters. The summed E-state index contributed by atoms with van der Waals surface area (Å²) < 4.78 is 85.2. The van der Waals surface area contributed by atoms with Crippen molar-refractivity contribution in [3.63, 3.8) is 0 Å². The van der Waals surface area contributed by atoms with Crippen LogP contribution in [0.3, 0.4) is 0 Å². The summed E-state index contributed by atoms with van der Waals surface area (Å²) in [5, 5.41) is 232. The SMILES string of the molecule is C=C(CC(=O)OC[C@H]1O[C@@H]2O[C@H]3[C@H](O)[C@@H](O)[C@@H](O[C@H]4[C@H](O)[C@@H](O)[C@@H](O[C@H]5[C@H](O)[C@@H](O)[C@@H](O[C@H]6[C@H](O)[C@@H](O)[C@@H](O[C@H]7[C@H](O)[C@@H](O)[C@@H](O[C@H]8[C@H](O)[C@@H](O)[C@@H](O[C@H]1[C@H](O)[C@H]2O)O[C@@H]8CO)O[C@@H]7CO)O[C@@H]6CO)O[C@@H]5CO)O[C@@H]4CO)O[C@@H]3CO)C(=O)O. The molecule has 0 amide bonds. The summed E-state index contributed by atoms with van der Waals surface area (Å²) in [6.07, 6.45) is -73.9. The van der Waals surface area contributed by atoms with Crippen molar-refractivity contribution >= 4 is 11.9 Å². The fourth-order valence-corrected chi connectivity index (χ4v) is 10.9. The third-order valence-corrected chi connectivity index (χ3v) is 15.7. The molecule has 21 N–H and O–H groups in total. The molecule has 21 rings (SSSR count). The Morgan fingerprint density at radius 1 is 0.294 bits per heavy atom. The van der Waals surface area contributed by atoms with Crippen LogP contribution in [0.2, 0.25) is 0 Å². The van der Waals surface area contributed by atoms with Crippen LogP contribution in [0.15, 0.2) is 12.2 Å². The molecule has 38 nitrogen and oxygen atoms in total. The first kappa shape index (κ1) is 68.2. The van der Waals surface area contributed by atoms with Gasteiger partial charge in [0.1, 0.15) is 178 Å². The lowest BCUT2D eigenvalue weighted by atomic mass is 9.95. The number of carboxylic acids is 1. The minimum atomic E-state index is -2.35. The van der Waals surface area contributed by atoms with Crippen LogP contribution in [0.5, 0.6) is 0 Å². The summed E-state index contributed by atoms with van der Waals surface area (Å²) in [4.78, 5) is 24.2. The molecule has 0 aromatic carbocycles. The van der Waals surface area contributed by atoms with Crippen molar-refractivity contribution in [1.82, 2.24) is 0 Å². The normalized spacial score (nSPS) is 51.1. The molecule has 0 aromatic rings.